The van der Waals surface area contributed by atoms with Crippen molar-refractivity contribution < 1.29 is 0 Å². The van der Waals surface area contributed by atoms with Crippen LogP contribution in [0.1, 0.15) is 58.0 Å². The van der Waals surface area contributed by atoms with E-state index >= 15 is 0 Å². The first-order chi connectivity index (χ1) is 9.02. The van der Waals surface area contributed by atoms with Crippen molar-refractivity contribution in [3.8, 4) is 0 Å². The van der Waals surface area contributed by atoms with Crippen molar-refractivity contribution in [3.63, 3.8) is 0 Å². The van der Waals surface area contributed by atoms with Gasteiger partial charge in [0.2, 0.25) is 0 Å². The molecule has 0 aromatic carbocycles. The van der Waals surface area contributed by atoms with Gasteiger partial charge in [-0.05, 0) is 47.0 Å². The van der Waals surface area contributed by atoms with Crippen molar-refractivity contribution in [3.05, 3.63) is 16.0 Å². The fourth-order valence-corrected chi connectivity index (χ4v) is 2.72. The van der Waals surface area contributed by atoms with Crippen molar-refractivity contribution in [2.45, 2.75) is 52.9 Å². The van der Waals surface area contributed by atoms with E-state index < -0.39 is 0 Å². The third-order valence-corrected chi connectivity index (χ3v) is 4.36. The molecule has 0 aliphatic heterocycles. The summed E-state index contributed by atoms with van der Waals surface area (Å²) in [6.07, 6.45) is 3.33. The van der Waals surface area contributed by atoms with Crippen molar-refractivity contribution in [2.24, 2.45) is 11.8 Å². The molecule has 1 aromatic rings. The summed E-state index contributed by atoms with van der Waals surface area (Å²) in [5.41, 5.74) is 1.15. The average Bonchev–Trinajstić information content (AvgIpc) is 3.07. The minimum Gasteiger partial charge on any atom is -0.369 e. The number of nitrogens with one attached hydrogen (secondary N) is 1. The Balaban J connectivity index is 2.29. The summed E-state index contributed by atoms with van der Waals surface area (Å²) in [6, 6.07) is 0. The Bertz CT molecular complexity index is 445. The van der Waals surface area contributed by atoms with Gasteiger partial charge < -0.3 is 5.32 Å². The van der Waals surface area contributed by atoms with E-state index in [4.69, 9.17) is 9.97 Å². The zero-order chi connectivity index (χ0) is 14.0. The molecule has 106 valence electrons. The van der Waals surface area contributed by atoms with Crippen molar-refractivity contribution in [1.82, 2.24) is 9.97 Å². The molecule has 4 heteroatoms. The Morgan fingerprint density at radius 2 is 2.05 bits per heavy atom. The second-order valence-corrected chi connectivity index (χ2v) is 6.83. The molecule has 0 saturated heterocycles. The van der Waals surface area contributed by atoms with Gasteiger partial charge in [-0.25, -0.2) is 9.97 Å². The number of nitrogens with zero attached hydrogens (tertiary/aromatic N) is 2. The lowest BCUT2D eigenvalue weighted by atomic mass is 10.1. The van der Waals surface area contributed by atoms with E-state index in [1.54, 1.807) is 0 Å². The highest BCUT2D eigenvalue weighted by atomic mass is 79.9. The first-order valence-corrected chi connectivity index (χ1v) is 8.12. The van der Waals surface area contributed by atoms with Crippen LogP contribution in [0.3, 0.4) is 0 Å². The Hall–Kier alpha value is -0.640. The maximum Gasteiger partial charge on any atom is 0.144 e. The fourth-order valence-electron chi connectivity index (χ4n) is 2.24. The van der Waals surface area contributed by atoms with Gasteiger partial charge in [-0.2, -0.15) is 0 Å². The van der Waals surface area contributed by atoms with Gasteiger partial charge in [0.1, 0.15) is 11.6 Å². The zero-order valence-corrected chi connectivity index (χ0v) is 13.9. The van der Waals surface area contributed by atoms with Gasteiger partial charge in [-0.1, -0.05) is 27.7 Å². The summed E-state index contributed by atoms with van der Waals surface area (Å²) >= 11 is 3.67. The van der Waals surface area contributed by atoms with Crippen LogP contribution in [0.2, 0.25) is 0 Å². The van der Waals surface area contributed by atoms with Crippen molar-refractivity contribution in [1.29, 1.82) is 0 Å². The van der Waals surface area contributed by atoms with E-state index in [9.17, 15) is 0 Å². The molecule has 1 aliphatic carbocycles. The lowest BCUT2D eigenvalue weighted by Gasteiger charge is -2.14. The largest absolute Gasteiger partial charge is 0.369 e. The summed E-state index contributed by atoms with van der Waals surface area (Å²) in [5.74, 6) is 3.93. The molecular weight excluding hydrogens is 302 g/mol. The van der Waals surface area contributed by atoms with Crippen LogP contribution in [0.15, 0.2) is 4.47 Å². The molecule has 1 aromatic heterocycles. The Labute approximate surface area is 124 Å². The molecule has 2 rings (SSSR count). The summed E-state index contributed by atoms with van der Waals surface area (Å²) in [7, 11) is 0. The number of aromatic nitrogens is 2. The maximum atomic E-state index is 4.80. The fraction of sp³-hybridized carbons (Fsp3) is 0.733. The van der Waals surface area contributed by atoms with Crippen molar-refractivity contribution >= 4 is 21.7 Å². The topological polar surface area (TPSA) is 37.8 Å². The highest BCUT2D eigenvalue weighted by molar-refractivity contribution is 9.10. The van der Waals surface area contributed by atoms with Crippen LogP contribution in [-0.2, 0) is 6.42 Å². The van der Waals surface area contributed by atoms with E-state index in [1.165, 1.54) is 6.42 Å². The van der Waals surface area contributed by atoms with Crippen LogP contribution in [0.25, 0.3) is 0 Å². The monoisotopic (exact) mass is 325 g/mol. The van der Waals surface area contributed by atoms with Crippen LogP contribution >= 0.6 is 15.9 Å². The molecule has 1 heterocycles. The van der Waals surface area contributed by atoms with Gasteiger partial charge >= 0.3 is 0 Å². The SMILES string of the molecule is CCCNc1nc(C2CC2C)nc(CC(C)C)c1Br. The number of anilines is 1. The van der Waals surface area contributed by atoms with E-state index in [1.807, 2.05) is 0 Å². The molecule has 0 bridgehead atoms. The minimum atomic E-state index is 0.571. The van der Waals surface area contributed by atoms with Gasteiger partial charge in [0.25, 0.3) is 0 Å². The third kappa shape index (κ3) is 3.68. The van der Waals surface area contributed by atoms with Gasteiger partial charge in [0, 0.05) is 12.5 Å². The summed E-state index contributed by atoms with van der Waals surface area (Å²) in [5, 5.41) is 3.42. The predicted octanol–water partition coefficient (Wildman–Crippen LogP) is 4.38. The van der Waals surface area contributed by atoms with E-state index in [0.29, 0.717) is 11.8 Å². The predicted molar refractivity (Wildman–Crippen MR) is 83.6 cm³/mol. The number of hydrogen-bond donors (Lipinski definition) is 1. The average molecular weight is 326 g/mol. The maximum absolute atomic E-state index is 4.80. The smallest absolute Gasteiger partial charge is 0.144 e. The molecule has 0 radical (unpaired) electrons. The minimum absolute atomic E-state index is 0.571. The zero-order valence-electron chi connectivity index (χ0n) is 12.3. The van der Waals surface area contributed by atoms with E-state index in [-0.39, 0.29) is 0 Å². The quantitative estimate of drug-likeness (QED) is 0.843. The van der Waals surface area contributed by atoms with Crippen LogP contribution in [0, 0.1) is 11.8 Å². The van der Waals surface area contributed by atoms with Crippen LogP contribution in [0.4, 0.5) is 5.82 Å². The normalized spacial score (nSPS) is 21.8. The van der Waals surface area contributed by atoms with Crippen LogP contribution in [-0.4, -0.2) is 16.5 Å². The van der Waals surface area contributed by atoms with Crippen LogP contribution < -0.4 is 5.32 Å². The molecule has 1 aliphatic rings. The molecule has 0 amide bonds. The molecule has 2 atom stereocenters. The highest BCUT2D eigenvalue weighted by Gasteiger charge is 2.37. The van der Waals surface area contributed by atoms with Gasteiger partial charge in [0.05, 0.1) is 10.2 Å². The molecule has 2 unspecified atom stereocenters. The lowest BCUT2D eigenvalue weighted by Crippen LogP contribution is -2.10. The summed E-state index contributed by atoms with van der Waals surface area (Å²) in [6.45, 7) is 9.86. The lowest BCUT2D eigenvalue weighted by molar-refractivity contribution is 0.627. The first kappa shape index (κ1) is 14.8. The Kier molecular flexibility index (Phi) is 4.82. The molecular formula is C15H24BrN3. The Morgan fingerprint density at radius 1 is 1.37 bits per heavy atom. The summed E-state index contributed by atoms with van der Waals surface area (Å²) in [4.78, 5) is 9.52. The van der Waals surface area contributed by atoms with Crippen LogP contribution in [0.5, 0.6) is 0 Å². The van der Waals surface area contributed by atoms with Crippen molar-refractivity contribution in [2.75, 3.05) is 11.9 Å². The summed E-state index contributed by atoms with van der Waals surface area (Å²) < 4.78 is 1.05. The van der Waals surface area contributed by atoms with Gasteiger partial charge in [-0.15, -0.1) is 0 Å². The molecule has 3 nitrogen and oxygen atoms in total. The second kappa shape index (κ2) is 6.21. The van der Waals surface area contributed by atoms with E-state index in [2.05, 4.69) is 48.9 Å². The molecule has 19 heavy (non-hydrogen) atoms. The second-order valence-electron chi connectivity index (χ2n) is 6.04. The van der Waals surface area contributed by atoms with Gasteiger partial charge in [-0.3, -0.25) is 0 Å². The standard InChI is InChI=1S/C15H24BrN3/c1-5-6-17-15-13(16)12(7-9(2)3)18-14(19-15)11-8-10(11)4/h9-11H,5-8H2,1-4H3,(H,17,18,19). The molecule has 1 N–H and O–H groups in total. The number of hydrogen-bond acceptors (Lipinski definition) is 3. The number of rotatable bonds is 6. The highest BCUT2D eigenvalue weighted by Crippen LogP contribution is 2.46. The molecule has 1 fully saturated rings. The first-order valence-electron chi connectivity index (χ1n) is 7.33. The number of halogens is 1. The Morgan fingerprint density at radius 3 is 2.58 bits per heavy atom. The molecule has 0 spiro atoms. The molecule has 1 saturated carbocycles. The van der Waals surface area contributed by atoms with Gasteiger partial charge in [0.15, 0.2) is 0 Å². The van der Waals surface area contributed by atoms with E-state index in [0.717, 1.165) is 47.1 Å². The third-order valence-electron chi connectivity index (χ3n) is 3.52.